The number of carboxylic acid groups (broad SMARTS) is 1. The lowest BCUT2D eigenvalue weighted by Crippen LogP contribution is -2.18. The molecule has 0 radical (unpaired) electrons. The van der Waals surface area contributed by atoms with Gasteiger partial charge in [0.1, 0.15) is 5.75 Å². The van der Waals surface area contributed by atoms with Crippen LogP contribution in [0.5, 0.6) is 5.75 Å². The van der Waals surface area contributed by atoms with Gasteiger partial charge in [0.2, 0.25) is 0 Å². The summed E-state index contributed by atoms with van der Waals surface area (Å²) in [6.07, 6.45) is 3.39. The van der Waals surface area contributed by atoms with Crippen molar-refractivity contribution in [3.63, 3.8) is 0 Å². The number of sulfonamides is 1. The monoisotopic (exact) mass is 361 g/mol. The summed E-state index contributed by atoms with van der Waals surface area (Å²) in [6, 6.07) is 9.26. The van der Waals surface area contributed by atoms with Gasteiger partial charge in [-0.15, -0.1) is 0 Å². The molecule has 3 rings (SSSR count). The van der Waals surface area contributed by atoms with Gasteiger partial charge in [-0.05, 0) is 67.1 Å². The maximum absolute atomic E-state index is 12.6. The van der Waals surface area contributed by atoms with Crippen LogP contribution < -0.4 is 9.46 Å². The van der Waals surface area contributed by atoms with E-state index in [1.807, 2.05) is 6.07 Å². The van der Waals surface area contributed by atoms with Crippen LogP contribution in [0.15, 0.2) is 41.3 Å². The van der Waals surface area contributed by atoms with Crippen LogP contribution in [0, 0.1) is 0 Å². The second-order valence-electron chi connectivity index (χ2n) is 5.92. The normalized spacial score (nSPS) is 13.8. The molecule has 1 aliphatic rings. The standard InChI is InChI=1S/C18H19NO5S/c1-24-13-7-9-14(10-8-13)25(22,23)19-16-11-6-12-4-2-3-5-15(12)17(16)18(20)21/h6-11,19H,2-5H2,1H3,(H,20,21). The molecule has 7 heteroatoms. The van der Waals surface area contributed by atoms with E-state index < -0.39 is 16.0 Å². The number of rotatable bonds is 5. The van der Waals surface area contributed by atoms with Gasteiger partial charge in [-0.25, -0.2) is 13.2 Å². The fourth-order valence-electron chi connectivity index (χ4n) is 3.12. The Bertz CT molecular complexity index is 904. The molecule has 25 heavy (non-hydrogen) atoms. The quantitative estimate of drug-likeness (QED) is 0.854. The number of aryl methyl sites for hydroxylation is 1. The minimum atomic E-state index is -3.89. The Labute approximate surface area is 146 Å². The molecule has 0 bridgehead atoms. The number of anilines is 1. The van der Waals surface area contributed by atoms with E-state index in [0.29, 0.717) is 12.2 Å². The van der Waals surface area contributed by atoms with Gasteiger partial charge in [0.25, 0.3) is 10.0 Å². The molecule has 2 aromatic carbocycles. The minimum Gasteiger partial charge on any atom is -0.497 e. The van der Waals surface area contributed by atoms with E-state index in [0.717, 1.165) is 30.4 Å². The summed E-state index contributed by atoms with van der Waals surface area (Å²) >= 11 is 0. The number of fused-ring (bicyclic) bond motifs is 1. The Morgan fingerprint density at radius 2 is 1.76 bits per heavy atom. The number of methoxy groups -OCH3 is 1. The van der Waals surface area contributed by atoms with Crippen molar-refractivity contribution in [1.29, 1.82) is 0 Å². The molecule has 2 N–H and O–H groups in total. The first-order chi connectivity index (χ1) is 11.9. The molecule has 0 spiro atoms. The predicted molar refractivity (Wildman–Crippen MR) is 93.8 cm³/mol. The van der Waals surface area contributed by atoms with Crippen molar-refractivity contribution in [1.82, 2.24) is 0 Å². The van der Waals surface area contributed by atoms with Crippen molar-refractivity contribution in [3.8, 4) is 5.75 Å². The average Bonchev–Trinajstić information content (AvgIpc) is 2.61. The van der Waals surface area contributed by atoms with Crippen LogP contribution in [0.2, 0.25) is 0 Å². The Hall–Kier alpha value is -2.54. The number of carboxylic acids is 1. The zero-order valence-electron chi connectivity index (χ0n) is 13.8. The summed E-state index contributed by atoms with van der Waals surface area (Å²) in [5.41, 5.74) is 1.86. The molecule has 132 valence electrons. The van der Waals surface area contributed by atoms with Crippen molar-refractivity contribution in [2.45, 2.75) is 30.6 Å². The minimum absolute atomic E-state index is 0.0439. The number of aromatic carboxylic acids is 1. The molecule has 0 heterocycles. The topological polar surface area (TPSA) is 92.7 Å². The van der Waals surface area contributed by atoms with Gasteiger partial charge in [-0.3, -0.25) is 4.72 Å². The van der Waals surface area contributed by atoms with E-state index in [-0.39, 0.29) is 16.1 Å². The second kappa shape index (κ2) is 6.76. The maximum atomic E-state index is 12.6. The molecule has 0 atom stereocenters. The van der Waals surface area contributed by atoms with Crippen molar-refractivity contribution in [3.05, 3.63) is 53.1 Å². The number of benzene rings is 2. The zero-order valence-corrected chi connectivity index (χ0v) is 14.6. The molecule has 0 unspecified atom stereocenters. The summed E-state index contributed by atoms with van der Waals surface area (Å²) in [7, 11) is -2.40. The smallest absolute Gasteiger partial charge is 0.338 e. The first-order valence-corrected chi connectivity index (χ1v) is 9.45. The van der Waals surface area contributed by atoms with E-state index in [1.165, 1.54) is 25.3 Å². The third-order valence-electron chi connectivity index (χ3n) is 4.36. The highest BCUT2D eigenvalue weighted by Crippen LogP contribution is 2.31. The predicted octanol–water partition coefficient (Wildman–Crippen LogP) is 3.07. The largest absolute Gasteiger partial charge is 0.497 e. The summed E-state index contributed by atoms with van der Waals surface area (Å²) < 4.78 is 32.6. The van der Waals surface area contributed by atoms with Gasteiger partial charge in [-0.1, -0.05) is 6.07 Å². The summed E-state index contributed by atoms with van der Waals surface area (Å²) in [4.78, 5) is 11.8. The number of carbonyl (C=O) groups is 1. The lowest BCUT2D eigenvalue weighted by Gasteiger charge is -2.20. The van der Waals surface area contributed by atoms with Crippen LogP contribution in [-0.4, -0.2) is 26.6 Å². The molecular weight excluding hydrogens is 342 g/mol. The second-order valence-corrected chi connectivity index (χ2v) is 7.60. The SMILES string of the molecule is COc1ccc(S(=O)(=O)Nc2ccc3c(c2C(=O)O)CCCC3)cc1. The molecule has 1 aliphatic carbocycles. The van der Waals surface area contributed by atoms with Gasteiger partial charge >= 0.3 is 5.97 Å². The fraction of sp³-hybridized carbons (Fsp3) is 0.278. The maximum Gasteiger partial charge on any atom is 0.338 e. The third-order valence-corrected chi connectivity index (χ3v) is 5.74. The first-order valence-electron chi connectivity index (χ1n) is 7.97. The molecule has 0 fully saturated rings. The first kappa shape index (κ1) is 17.3. The van der Waals surface area contributed by atoms with Crippen molar-refractivity contribution >= 4 is 21.7 Å². The Morgan fingerprint density at radius 1 is 1.08 bits per heavy atom. The van der Waals surface area contributed by atoms with Crippen molar-refractivity contribution < 1.29 is 23.1 Å². The van der Waals surface area contributed by atoms with Crippen molar-refractivity contribution in [2.24, 2.45) is 0 Å². The van der Waals surface area contributed by atoms with E-state index >= 15 is 0 Å². The van der Waals surface area contributed by atoms with Crippen LogP contribution >= 0.6 is 0 Å². The summed E-state index contributed by atoms with van der Waals surface area (Å²) in [5.74, 6) is -0.579. The molecule has 0 amide bonds. The molecule has 6 nitrogen and oxygen atoms in total. The number of ether oxygens (including phenoxy) is 1. The average molecular weight is 361 g/mol. The van der Waals surface area contributed by atoms with E-state index in [9.17, 15) is 18.3 Å². The van der Waals surface area contributed by atoms with E-state index in [1.54, 1.807) is 12.1 Å². The molecular formula is C18H19NO5S. The van der Waals surface area contributed by atoms with Gasteiger partial charge in [0.05, 0.1) is 23.3 Å². The third kappa shape index (κ3) is 3.46. The fourth-order valence-corrected chi connectivity index (χ4v) is 4.19. The highest BCUT2D eigenvalue weighted by Gasteiger charge is 2.24. The molecule has 0 saturated carbocycles. The number of hydrogen-bond acceptors (Lipinski definition) is 4. The Morgan fingerprint density at radius 3 is 2.40 bits per heavy atom. The molecule has 0 aromatic heterocycles. The van der Waals surface area contributed by atoms with Gasteiger partial charge in [0, 0.05) is 0 Å². The van der Waals surface area contributed by atoms with E-state index in [2.05, 4.69) is 4.72 Å². The van der Waals surface area contributed by atoms with Gasteiger partial charge in [0.15, 0.2) is 0 Å². The summed E-state index contributed by atoms with van der Waals surface area (Å²) in [5, 5.41) is 9.61. The Kier molecular flexibility index (Phi) is 4.67. The summed E-state index contributed by atoms with van der Waals surface area (Å²) in [6.45, 7) is 0. The highest BCUT2D eigenvalue weighted by molar-refractivity contribution is 7.92. The number of nitrogens with one attached hydrogen (secondary N) is 1. The lowest BCUT2D eigenvalue weighted by atomic mass is 9.87. The Balaban J connectivity index is 2.00. The van der Waals surface area contributed by atoms with Crippen LogP contribution in [0.3, 0.4) is 0 Å². The lowest BCUT2D eigenvalue weighted by molar-refractivity contribution is 0.0696. The van der Waals surface area contributed by atoms with Crippen molar-refractivity contribution in [2.75, 3.05) is 11.8 Å². The van der Waals surface area contributed by atoms with Crippen LogP contribution in [0.25, 0.3) is 0 Å². The number of hydrogen-bond donors (Lipinski definition) is 2. The van der Waals surface area contributed by atoms with Crippen LogP contribution in [0.1, 0.15) is 34.3 Å². The molecule has 2 aromatic rings. The highest BCUT2D eigenvalue weighted by atomic mass is 32.2. The van der Waals surface area contributed by atoms with Crippen LogP contribution in [-0.2, 0) is 22.9 Å². The molecule has 0 saturated heterocycles. The van der Waals surface area contributed by atoms with Gasteiger partial charge in [-0.2, -0.15) is 0 Å². The van der Waals surface area contributed by atoms with Gasteiger partial charge < -0.3 is 9.84 Å². The molecule has 0 aliphatic heterocycles. The van der Waals surface area contributed by atoms with Crippen LogP contribution in [0.4, 0.5) is 5.69 Å². The van der Waals surface area contributed by atoms with E-state index in [4.69, 9.17) is 4.74 Å². The zero-order chi connectivity index (χ0) is 18.0.